The number of esters is 1. The summed E-state index contributed by atoms with van der Waals surface area (Å²) < 4.78 is 8.27. The highest BCUT2D eigenvalue weighted by atomic mass is 16.6. The van der Waals surface area contributed by atoms with Gasteiger partial charge in [-0.15, -0.1) is 0 Å². The van der Waals surface area contributed by atoms with E-state index >= 15 is 0 Å². The van der Waals surface area contributed by atoms with Crippen LogP contribution in [-0.2, 0) is 32.6 Å². The summed E-state index contributed by atoms with van der Waals surface area (Å²) in [6, 6.07) is 8.43. The highest BCUT2D eigenvalue weighted by molar-refractivity contribution is 6.00. The molecular formula is C24H26N4O5. The zero-order valence-electron chi connectivity index (χ0n) is 19.0. The smallest absolute Gasteiger partial charge is 0.329 e. The summed E-state index contributed by atoms with van der Waals surface area (Å²) in [6.07, 6.45) is 2.24. The molecule has 2 aromatic heterocycles. The number of piperidine rings is 1. The van der Waals surface area contributed by atoms with E-state index in [1.807, 2.05) is 39.0 Å². The summed E-state index contributed by atoms with van der Waals surface area (Å²) in [5.74, 6) is -1.13. The molecule has 0 bridgehead atoms. The maximum atomic E-state index is 12.9. The molecule has 1 N–H and O–H groups in total. The second-order valence-electron chi connectivity index (χ2n) is 9.18. The van der Waals surface area contributed by atoms with Crippen LogP contribution in [-0.4, -0.2) is 37.5 Å². The van der Waals surface area contributed by atoms with E-state index in [1.165, 1.54) is 9.13 Å². The molecule has 4 rings (SSSR count). The van der Waals surface area contributed by atoms with Crippen molar-refractivity contribution in [2.24, 2.45) is 7.05 Å². The Kier molecular flexibility index (Phi) is 5.65. The molecule has 1 fully saturated rings. The van der Waals surface area contributed by atoms with Crippen molar-refractivity contribution < 1.29 is 19.1 Å². The van der Waals surface area contributed by atoms with Crippen LogP contribution in [0.15, 0.2) is 41.3 Å². The normalized spacial score (nSPS) is 16.7. The molecule has 2 amide bonds. The third-order valence-corrected chi connectivity index (χ3v) is 5.51. The number of ether oxygens (including phenoxy) is 1. The third kappa shape index (κ3) is 4.57. The van der Waals surface area contributed by atoms with Crippen molar-refractivity contribution in [2.75, 3.05) is 0 Å². The number of amides is 2. The van der Waals surface area contributed by atoms with E-state index in [0.29, 0.717) is 16.7 Å². The quantitative estimate of drug-likeness (QED) is 0.482. The van der Waals surface area contributed by atoms with Crippen LogP contribution in [0.4, 0.5) is 0 Å². The van der Waals surface area contributed by atoms with Crippen LogP contribution in [0.25, 0.3) is 22.2 Å². The van der Waals surface area contributed by atoms with Gasteiger partial charge in [0.1, 0.15) is 11.6 Å². The zero-order valence-corrected chi connectivity index (χ0v) is 19.0. The SMILES string of the molecule is Cn1c(=O)n(C2CCC(=O)NC2=O)c2ccc(-c3ccc(CC(=O)OC(C)(C)C)nc3)cc21. The second kappa shape index (κ2) is 8.31. The van der Waals surface area contributed by atoms with Crippen molar-refractivity contribution >= 4 is 28.8 Å². The molecule has 1 atom stereocenters. The van der Waals surface area contributed by atoms with Gasteiger partial charge in [-0.05, 0) is 51.0 Å². The molecule has 0 aliphatic carbocycles. The Bertz CT molecular complexity index is 1310. The average molecular weight is 450 g/mol. The second-order valence-corrected chi connectivity index (χ2v) is 9.18. The topological polar surface area (TPSA) is 112 Å². The van der Waals surface area contributed by atoms with Crippen LogP contribution in [0.5, 0.6) is 0 Å². The summed E-state index contributed by atoms with van der Waals surface area (Å²) in [5, 5.41) is 2.31. The zero-order chi connectivity index (χ0) is 23.9. The lowest BCUT2D eigenvalue weighted by molar-refractivity contribution is -0.154. The number of aromatic nitrogens is 3. The van der Waals surface area contributed by atoms with Crippen molar-refractivity contribution in [1.82, 2.24) is 19.4 Å². The molecule has 3 aromatic rings. The minimum atomic E-state index is -0.724. The molecule has 9 heteroatoms. The maximum Gasteiger partial charge on any atom is 0.329 e. The van der Waals surface area contributed by atoms with Crippen LogP contribution >= 0.6 is 0 Å². The highest BCUT2D eigenvalue weighted by Gasteiger charge is 2.31. The number of carbonyl (C=O) groups excluding carboxylic acids is 3. The lowest BCUT2D eigenvalue weighted by atomic mass is 10.0. The van der Waals surface area contributed by atoms with Crippen molar-refractivity contribution in [3.8, 4) is 11.1 Å². The molecule has 1 unspecified atom stereocenters. The molecule has 0 spiro atoms. The Labute approximate surface area is 190 Å². The number of nitrogens with zero attached hydrogens (tertiary/aromatic N) is 3. The van der Waals surface area contributed by atoms with E-state index in [9.17, 15) is 19.2 Å². The molecule has 9 nitrogen and oxygen atoms in total. The first-order valence-electron chi connectivity index (χ1n) is 10.8. The van der Waals surface area contributed by atoms with Gasteiger partial charge in [-0.1, -0.05) is 12.1 Å². The van der Waals surface area contributed by atoms with Gasteiger partial charge in [0.25, 0.3) is 0 Å². The number of benzene rings is 1. The summed E-state index contributed by atoms with van der Waals surface area (Å²) in [4.78, 5) is 53.2. The number of rotatable bonds is 4. The number of imide groups is 1. The van der Waals surface area contributed by atoms with Crippen molar-refractivity contribution in [2.45, 2.75) is 51.7 Å². The minimum Gasteiger partial charge on any atom is -0.460 e. The molecule has 33 heavy (non-hydrogen) atoms. The molecule has 1 aromatic carbocycles. The Hall–Kier alpha value is -3.75. The van der Waals surface area contributed by atoms with E-state index < -0.39 is 17.6 Å². The largest absolute Gasteiger partial charge is 0.460 e. The Morgan fingerprint density at radius 1 is 1.12 bits per heavy atom. The van der Waals surface area contributed by atoms with Crippen LogP contribution in [0, 0.1) is 0 Å². The molecule has 0 radical (unpaired) electrons. The molecule has 1 aliphatic heterocycles. The van der Waals surface area contributed by atoms with Gasteiger partial charge in [0.15, 0.2) is 0 Å². The average Bonchev–Trinajstić information content (AvgIpc) is 2.97. The molecule has 1 saturated heterocycles. The standard InChI is InChI=1S/C24H26N4O5/c1-24(2,3)33-21(30)12-16-7-5-15(13-25-16)14-6-8-17-19(11-14)27(4)23(32)28(17)18-9-10-20(29)26-22(18)31/h5-8,11,13,18H,9-10,12H2,1-4H3,(H,26,29,31). The van der Waals surface area contributed by atoms with Crippen LogP contribution in [0.2, 0.25) is 0 Å². The number of aryl methyl sites for hydroxylation is 1. The summed E-state index contributed by atoms with van der Waals surface area (Å²) >= 11 is 0. The van der Waals surface area contributed by atoms with E-state index in [1.54, 1.807) is 25.4 Å². The summed E-state index contributed by atoms with van der Waals surface area (Å²) in [5.41, 5.74) is 2.69. The molecule has 3 heterocycles. The van der Waals surface area contributed by atoms with E-state index in [-0.39, 0.29) is 36.8 Å². The number of hydrogen-bond acceptors (Lipinski definition) is 6. The first kappa shape index (κ1) is 22.4. The lowest BCUT2D eigenvalue weighted by Crippen LogP contribution is -2.44. The molecule has 1 aliphatic rings. The third-order valence-electron chi connectivity index (χ3n) is 5.51. The van der Waals surface area contributed by atoms with Crippen molar-refractivity contribution in [3.63, 3.8) is 0 Å². The fourth-order valence-corrected chi connectivity index (χ4v) is 4.00. The maximum absolute atomic E-state index is 12.9. The van der Waals surface area contributed by atoms with Crippen molar-refractivity contribution in [1.29, 1.82) is 0 Å². The minimum absolute atomic E-state index is 0.0832. The number of carbonyl (C=O) groups is 3. The predicted octanol–water partition coefficient (Wildman–Crippen LogP) is 2.26. The van der Waals surface area contributed by atoms with E-state index in [0.717, 1.165) is 11.1 Å². The van der Waals surface area contributed by atoms with Gasteiger partial charge in [0.05, 0.1) is 23.1 Å². The summed E-state index contributed by atoms with van der Waals surface area (Å²) in [7, 11) is 1.65. The van der Waals surface area contributed by atoms with Gasteiger partial charge in [-0.2, -0.15) is 0 Å². The Morgan fingerprint density at radius 3 is 2.48 bits per heavy atom. The van der Waals surface area contributed by atoms with Gasteiger partial charge in [0.2, 0.25) is 11.8 Å². The highest BCUT2D eigenvalue weighted by Crippen LogP contribution is 2.27. The molecule has 172 valence electrons. The lowest BCUT2D eigenvalue weighted by Gasteiger charge is -2.21. The first-order valence-corrected chi connectivity index (χ1v) is 10.8. The van der Waals surface area contributed by atoms with Gasteiger partial charge in [0, 0.05) is 25.2 Å². The van der Waals surface area contributed by atoms with Gasteiger partial charge >= 0.3 is 11.7 Å². The Balaban J connectivity index is 1.62. The van der Waals surface area contributed by atoms with Gasteiger partial charge in [-0.3, -0.25) is 33.8 Å². The Morgan fingerprint density at radius 2 is 1.85 bits per heavy atom. The number of fused-ring (bicyclic) bond motifs is 1. The fourth-order valence-electron chi connectivity index (χ4n) is 4.00. The van der Waals surface area contributed by atoms with E-state index in [2.05, 4.69) is 10.3 Å². The predicted molar refractivity (Wildman–Crippen MR) is 121 cm³/mol. The number of nitrogens with one attached hydrogen (secondary N) is 1. The molecule has 0 saturated carbocycles. The van der Waals surface area contributed by atoms with E-state index in [4.69, 9.17) is 4.74 Å². The molecular weight excluding hydrogens is 424 g/mol. The van der Waals surface area contributed by atoms with Crippen molar-refractivity contribution in [3.05, 3.63) is 52.7 Å². The number of imidazole rings is 1. The van der Waals surface area contributed by atoms with Crippen LogP contribution < -0.4 is 11.0 Å². The van der Waals surface area contributed by atoms with Gasteiger partial charge < -0.3 is 4.74 Å². The number of pyridine rings is 1. The number of hydrogen-bond donors (Lipinski definition) is 1. The van der Waals surface area contributed by atoms with Crippen LogP contribution in [0.1, 0.15) is 45.3 Å². The van der Waals surface area contributed by atoms with Gasteiger partial charge in [-0.25, -0.2) is 4.79 Å². The first-order chi connectivity index (χ1) is 15.5. The fraction of sp³-hybridized carbons (Fsp3) is 0.375. The summed E-state index contributed by atoms with van der Waals surface area (Å²) in [6.45, 7) is 5.45. The monoisotopic (exact) mass is 450 g/mol. The van der Waals surface area contributed by atoms with Crippen LogP contribution in [0.3, 0.4) is 0 Å².